The fraction of sp³-hybridized carbons (Fsp3) is 0.581. The van der Waals surface area contributed by atoms with Crippen LogP contribution in [0.5, 0.6) is 0 Å². The van der Waals surface area contributed by atoms with Crippen molar-refractivity contribution >= 4 is 39.7 Å². The lowest BCUT2D eigenvalue weighted by Crippen LogP contribution is -2.51. The summed E-state index contributed by atoms with van der Waals surface area (Å²) in [6.45, 7) is 4.44. The summed E-state index contributed by atoms with van der Waals surface area (Å²) in [5.41, 5.74) is 5.51. The van der Waals surface area contributed by atoms with Gasteiger partial charge in [0.2, 0.25) is 21.8 Å². The first-order valence-electron chi connectivity index (χ1n) is 15.5. The van der Waals surface area contributed by atoms with Gasteiger partial charge >= 0.3 is 12.1 Å². The molecule has 1 saturated heterocycles. The maximum atomic E-state index is 13.3. The molecule has 0 saturated carbocycles. The zero-order valence-electron chi connectivity index (χ0n) is 26.4. The summed E-state index contributed by atoms with van der Waals surface area (Å²) in [4.78, 5) is 63.4. The molecule has 15 heteroatoms. The number of ketones is 1. The normalized spacial score (nSPS) is 16.1. The van der Waals surface area contributed by atoms with Crippen LogP contribution in [0, 0.1) is 0 Å². The third kappa shape index (κ3) is 12.5. The van der Waals surface area contributed by atoms with E-state index in [0.29, 0.717) is 45.2 Å². The molecule has 1 heterocycles. The van der Waals surface area contributed by atoms with Gasteiger partial charge in [-0.05, 0) is 70.0 Å². The summed E-state index contributed by atoms with van der Waals surface area (Å²) in [5.74, 6) is -2.10. The number of hydrogen-bond acceptors (Lipinski definition) is 10. The zero-order chi connectivity index (χ0) is 34.0. The largest absolute Gasteiger partial charge is 0.467 e. The van der Waals surface area contributed by atoms with Gasteiger partial charge in [0.05, 0.1) is 18.0 Å². The molecule has 256 valence electrons. The Bertz CT molecular complexity index is 1280. The fourth-order valence-electron chi connectivity index (χ4n) is 5.00. The minimum absolute atomic E-state index is 0.0596. The van der Waals surface area contributed by atoms with Crippen molar-refractivity contribution in [2.24, 2.45) is 5.73 Å². The molecule has 2 rings (SSSR count). The molecule has 3 atom stereocenters. The second kappa shape index (κ2) is 20.3. The third-order valence-electron chi connectivity index (χ3n) is 7.44. The molecule has 0 bridgehead atoms. The van der Waals surface area contributed by atoms with Crippen LogP contribution >= 0.6 is 0 Å². The molecule has 1 aliphatic heterocycles. The Morgan fingerprint density at radius 1 is 1.02 bits per heavy atom. The average molecular weight is 666 g/mol. The predicted octanol–water partition coefficient (Wildman–Crippen LogP) is 1.54. The number of nitrogens with two attached hydrogens (primary N) is 1. The molecule has 1 fully saturated rings. The second-order valence-corrected chi connectivity index (χ2v) is 12.7. The number of nitrogens with zero attached hydrogens (tertiary/aromatic N) is 1. The summed E-state index contributed by atoms with van der Waals surface area (Å²) in [5, 5.41) is 7.94. The Morgan fingerprint density at radius 2 is 1.76 bits per heavy atom. The van der Waals surface area contributed by atoms with E-state index in [9.17, 15) is 32.4 Å². The van der Waals surface area contributed by atoms with E-state index >= 15 is 0 Å². The minimum atomic E-state index is -3.95. The van der Waals surface area contributed by atoms with Gasteiger partial charge in [-0.2, -0.15) is 4.31 Å². The van der Waals surface area contributed by atoms with Gasteiger partial charge in [-0.3, -0.25) is 14.4 Å². The van der Waals surface area contributed by atoms with Crippen molar-refractivity contribution in [1.82, 2.24) is 20.3 Å². The fourth-order valence-corrected chi connectivity index (χ4v) is 6.67. The molecule has 0 aliphatic carbocycles. The highest BCUT2D eigenvalue weighted by molar-refractivity contribution is 7.89. The van der Waals surface area contributed by atoms with Crippen LogP contribution in [0.4, 0.5) is 4.79 Å². The molecule has 1 aromatic rings. The van der Waals surface area contributed by atoms with Crippen LogP contribution in [-0.4, -0.2) is 93.9 Å². The predicted molar refractivity (Wildman–Crippen MR) is 170 cm³/mol. The molecule has 0 spiro atoms. The van der Waals surface area contributed by atoms with E-state index in [2.05, 4.69) is 22.5 Å². The number of esters is 1. The standard InChI is InChI=1S/C31H47N5O9S/c1-3-22-45-31(41)33-20-10-8-14-24(34-28(38)16-7-9-19-32)27(37)18-17-25(30(40)44-2)35-29(39)26-15-11-21-36(26)46(42,43)23-12-5-4-6-13-23/h3-6,12-13,24-26H,1,7-11,14-22,32H2,2H3,(H,33,41)(H,34,38)(H,35,39)/t24-,25-,26-/m0/s1. The first-order valence-corrected chi connectivity index (χ1v) is 17.0. The molecule has 0 radical (unpaired) electrons. The Morgan fingerprint density at radius 3 is 2.43 bits per heavy atom. The summed E-state index contributed by atoms with van der Waals surface area (Å²) in [7, 11) is -2.80. The number of carbonyl (C=O) groups is 5. The topological polar surface area (TPSA) is 203 Å². The molecule has 5 N–H and O–H groups in total. The number of sulfonamides is 1. The molecule has 0 unspecified atom stereocenters. The number of nitrogens with one attached hydrogen (secondary N) is 3. The SMILES string of the molecule is C=CCOC(=O)NCCCC[C@H](NC(=O)CCCCN)C(=O)CC[C@H](NC(=O)[C@@H]1CCCN1S(=O)(=O)c1ccccc1)C(=O)OC. The van der Waals surface area contributed by atoms with Crippen LogP contribution in [0.2, 0.25) is 0 Å². The quantitative estimate of drug-likeness (QED) is 0.0847. The third-order valence-corrected chi connectivity index (χ3v) is 9.36. The van der Waals surface area contributed by atoms with Gasteiger partial charge in [0.25, 0.3) is 0 Å². The first kappa shape index (κ1) is 38.4. The van der Waals surface area contributed by atoms with Crippen LogP contribution < -0.4 is 21.7 Å². The maximum Gasteiger partial charge on any atom is 0.407 e. The number of ether oxygens (including phenoxy) is 2. The van der Waals surface area contributed by atoms with Crippen molar-refractivity contribution in [3.63, 3.8) is 0 Å². The molecular formula is C31H47N5O9S. The highest BCUT2D eigenvalue weighted by Gasteiger charge is 2.40. The van der Waals surface area contributed by atoms with Crippen molar-refractivity contribution < 1.29 is 41.9 Å². The van der Waals surface area contributed by atoms with Gasteiger partial charge in [-0.15, -0.1) is 0 Å². The van der Waals surface area contributed by atoms with E-state index in [-0.39, 0.29) is 61.8 Å². The minimum Gasteiger partial charge on any atom is -0.467 e. The molecule has 46 heavy (non-hydrogen) atoms. The van der Waals surface area contributed by atoms with Gasteiger partial charge < -0.3 is 31.2 Å². The van der Waals surface area contributed by atoms with Gasteiger partial charge in [-0.1, -0.05) is 30.9 Å². The van der Waals surface area contributed by atoms with Crippen LogP contribution in [-0.2, 0) is 38.7 Å². The maximum absolute atomic E-state index is 13.3. The van der Waals surface area contributed by atoms with Gasteiger partial charge in [0.1, 0.15) is 18.7 Å². The van der Waals surface area contributed by atoms with E-state index in [1.165, 1.54) is 18.2 Å². The lowest BCUT2D eigenvalue weighted by molar-refractivity contribution is -0.145. The summed E-state index contributed by atoms with van der Waals surface area (Å²) >= 11 is 0. The van der Waals surface area contributed by atoms with Crippen molar-refractivity contribution in [1.29, 1.82) is 0 Å². The van der Waals surface area contributed by atoms with Crippen molar-refractivity contribution in [3.05, 3.63) is 43.0 Å². The average Bonchev–Trinajstić information content (AvgIpc) is 3.56. The number of unbranched alkanes of at least 4 members (excludes halogenated alkanes) is 2. The lowest BCUT2D eigenvalue weighted by atomic mass is 9.99. The van der Waals surface area contributed by atoms with Crippen molar-refractivity contribution in [2.45, 2.75) is 87.2 Å². The number of alkyl carbamates (subject to hydrolysis) is 1. The van der Waals surface area contributed by atoms with E-state index in [4.69, 9.17) is 15.2 Å². The number of amides is 3. The zero-order valence-corrected chi connectivity index (χ0v) is 27.2. The Kier molecular flexibility index (Phi) is 17.0. The molecule has 0 aromatic heterocycles. The number of carbonyl (C=O) groups excluding carboxylic acids is 5. The van der Waals surface area contributed by atoms with Crippen LogP contribution in [0.3, 0.4) is 0 Å². The Hall–Kier alpha value is -3.82. The molecule has 1 aliphatic rings. The molecule has 3 amide bonds. The molecular weight excluding hydrogens is 618 g/mol. The Balaban J connectivity index is 2.04. The monoisotopic (exact) mass is 665 g/mol. The van der Waals surface area contributed by atoms with Crippen LogP contribution in [0.25, 0.3) is 0 Å². The number of rotatable bonds is 21. The van der Waals surface area contributed by atoms with E-state index in [0.717, 1.165) is 11.4 Å². The van der Waals surface area contributed by atoms with E-state index in [1.54, 1.807) is 18.2 Å². The summed E-state index contributed by atoms with van der Waals surface area (Å²) in [6, 6.07) is 4.68. The van der Waals surface area contributed by atoms with Gasteiger partial charge in [0, 0.05) is 25.9 Å². The molecule has 14 nitrogen and oxygen atoms in total. The lowest BCUT2D eigenvalue weighted by Gasteiger charge is -2.25. The molecule has 1 aromatic carbocycles. The summed E-state index contributed by atoms with van der Waals surface area (Å²) < 4.78 is 37.3. The Labute approximate surface area is 270 Å². The number of methoxy groups -OCH3 is 1. The van der Waals surface area contributed by atoms with E-state index in [1.807, 2.05) is 0 Å². The first-order chi connectivity index (χ1) is 22.0. The van der Waals surface area contributed by atoms with Gasteiger partial charge in [-0.25, -0.2) is 18.0 Å². The number of benzene rings is 1. The second-order valence-electron chi connectivity index (χ2n) is 10.9. The summed E-state index contributed by atoms with van der Waals surface area (Å²) in [6.07, 6.45) is 4.01. The number of Topliss-reactive ketones (excluding diaryl/α,β-unsaturated/α-hetero) is 1. The van der Waals surface area contributed by atoms with Crippen LogP contribution in [0.1, 0.15) is 64.2 Å². The van der Waals surface area contributed by atoms with Crippen LogP contribution in [0.15, 0.2) is 47.9 Å². The number of hydrogen-bond donors (Lipinski definition) is 4. The smallest absolute Gasteiger partial charge is 0.407 e. The van der Waals surface area contributed by atoms with Gasteiger partial charge in [0.15, 0.2) is 5.78 Å². The highest BCUT2D eigenvalue weighted by atomic mass is 32.2. The van der Waals surface area contributed by atoms with Crippen molar-refractivity contribution in [3.8, 4) is 0 Å². The van der Waals surface area contributed by atoms with E-state index < -0.39 is 46.1 Å². The van der Waals surface area contributed by atoms with Crippen molar-refractivity contribution in [2.75, 3.05) is 33.4 Å². The highest BCUT2D eigenvalue weighted by Crippen LogP contribution is 2.26.